The molecule has 1 saturated heterocycles. The van der Waals surface area contributed by atoms with Crippen molar-refractivity contribution in [2.24, 2.45) is 0 Å². The lowest BCUT2D eigenvalue weighted by molar-refractivity contribution is 0.387. The molecule has 3 nitrogen and oxygen atoms in total. The maximum atomic E-state index is 5.22. The van der Waals surface area contributed by atoms with Gasteiger partial charge in [0, 0.05) is 12.5 Å². The van der Waals surface area contributed by atoms with Gasteiger partial charge in [-0.1, -0.05) is 0 Å². The molecule has 0 radical (unpaired) electrons. The first-order valence-corrected chi connectivity index (χ1v) is 4.06. The molecular weight excluding hydrogens is 211 g/mol. The molecule has 1 unspecified atom stereocenters. The quantitative estimate of drug-likeness (QED) is 0.794. The molecule has 1 aliphatic rings. The summed E-state index contributed by atoms with van der Waals surface area (Å²) in [7, 11) is 0. The normalized spacial score (nSPS) is 21.4. The molecule has 0 aromatic carbocycles. The summed E-state index contributed by atoms with van der Waals surface area (Å²) < 4.78 is 5.22. The van der Waals surface area contributed by atoms with Gasteiger partial charge in [-0.05, 0) is 19.4 Å². The maximum absolute atomic E-state index is 5.22. The van der Waals surface area contributed by atoms with E-state index >= 15 is 0 Å². The third kappa shape index (κ3) is 3.18. The number of halogens is 2. The topological polar surface area (TPSA) is 38.1 Å². The van der Waals surface area contributed by atoms with E-state index in [2.05, 4.69) is 10.3 Å². The van der Waals surface area contributed by atoms with Crippen molar-refractivity contribution in [1.82, 2.24) is 10.3 Å². The number of aromatic nitrogens is 1. The zero-order chi connectivity index (χ0) is 7.52. The molecular formula is C8H14Cl2N2O. The van der Waals surface area contributed by atoms with Crippen LogP contribution in [0.15, 0.2) is 17.0 Å². The minimum atomic E-state index is 0. The summed E-state index contributed by atoms with van der Waals surface area (Å²) in [5.74, 6) is 1.57. The van der Waals surface area contributed by atoms with Crippen molar-refractivity contribution >= 4 is 24.8 Å². The molecule has 2 heterocycles. The van der Waals surface area contributed by atoms with E-state index in [0.29, 0.717) is 5.92 Å². The Bertz CT molecular complexity index is 210. The predicted octanol–water partition coefficient (Wildman–Crippen LogP) is 1.99. The van der Waals surface area contributed by atoms with Crippen LogP contribution in [0.25, 0.3) is 0 Å². The number of hydrogen-bond donors (Lipinski definition) is 1. The van der Waals surface area contributed by atoms with Gasteiger partial charge in [0.25, 0.3) is 0 Å². The number of hydrogen-bond acceptors (Lipinski definition) is 3. The van der Waals surface area contributed by atoms with Crippen LogP contribution in [0.4, 0.5) is 0 Å². The number of piperidine rings is 1. The van der Waals surface area contributed by atoms with E-state index in [1.807, 2.05) is 6.20 Å². The van der Waals surface area contributed by atoms with Crippen LogP contribution in [-0.2, 0) is 0 Å². The Morgan fingerprint density at radius 1 is 1.46 bits per heavy atom. The molecule has 76 valence electrons. The van der Waals surface area contributed by atoms with Crippen LogP contribution in [0.5, 0.6) is 0 Å². The second kappa shape index (κ2) is 6.24. The SMILES string of the molecule is Cl.Cl.c1ncc(C2CCCNC2)o1. The largest absolute Gasteiger partial charge is 0.448 e. The molecule has 1 fully saturated rings. The minimum absolute atomic E-state index is 0. The molecule has 2 rings (SSSR count). The van der Waals surface area contributed by atoms with Crippen molar-refractivity contribution in [2.45, 2.75) is 18.8 Å². The Morgan fingerprint density at radius 3 is 2.85 bits per heavy atom. The summed E-state index contributed by atoms with van der Waals surface area (Å²) in [6, 6.07) is 0. The van der Waals surface area contributed by atoms with E-state index in [-0.39, 0.29) is 24.8 Å². The van der Waals surface area contributed by atoms with Crippen LogP contribution in [0.2, 0.25) is 0 Å². The molecule has 1 N–H and O–H groups in total. The smallest absolute Gasteiger partial charge is 0.180 e. The third-order valence-electron chi connectivity index (χ3n) is 2.15. The van der Waals surface area contributed by atoms with Crippen LogP contribution in [0.1, 0.15) is 24.5 Å². The minimum Gasteiger partial charge on any atom is -0.448 e. The Morgan fingerprint density at radius 2 is 2.31 bits per heavy atom. The zero-order valence-corrected chi connectivity index (χ0v) is 8.87. The summed E-state index contributed by atoms with van der Waals surface area (Å²) in [5, 5.41) is 3.34. The van der Waals surface area contributed by atoms with Crippen LogP contribution in [-0.4, -0.2) is 18.1 Å². The van der Waals surface area contributed by atoms with E-state index < -0.39 is 0 Å². The van der Waals surface area contributed by atoms with Gasteiger partial charge >= 0.3 is 0 Å². The van der Waals surface area contributed by atoms with Crippen molar-refractivity contribution in [3.05, 3.63) is 18.4 Å². The van der Waals surface area contributed by atoms with Crippen LogP contribution >= 0.6 is 24.8 Å². The lowest BCUT2D eigenvalue weighted by atomic mass is 9.98. The fourth-order valence-electron chi connectivity index (χ4n) is 1.52. The van der Waals surface area contributed by atoms with Crippen molar-refractivity contribution in [1.29, 1.82) is 0 Å². The second-order valence-electron chi connectivity index (χ2n) is 2.95. The second-order valence-corrected chi connectivity index (χ2v) is 2.95. The zero-order valence-electron chi connectivity index (χ0n) is 7.23. The van der Waals surface area contributed by atoms with Gasteiger partial charge in [-0.3, -0.25) is 0 Å². The summed E-state index contributed by atoms with van der Waals surface area (Å²) in [5.41, 5.74) is 0. The summed E-state index contributed by atoms with van der Waals surface area (Å²) in [4.78, 5) is 3.90. The number of nitrogens with zero attached hydrogens (tertiary/aromatic N) is 1. The predicted molar refractivity (Wildman–Crippen MR) is 55.8 cm³/mol. The van der Waals surface area contributed by atoms with Crippen LogP contribution in [0.3, 0.4) is 0 Å². The van der Waals surface area contributed by atoms with E-state index in [4.69, 9.17) is 4.42 Å². The average Bonchev–Trinajstić information content (AvgIpc) is 2.58. The Labute approximate surface area is 90.1 Å². The van der Waals surface area contributed by atoms with Crippen LogP contribution in [0, 0.1) is 0 Å². The number of rotatable bonds is 1. The summed E-state index contributed by atoms with van der Waals surface area (Å²) in [6.45, 7) is 2.18. The van der Waals surface area contributed by atoms with Gasteiger partial charge in [0.1, 0.15) is 5.76 Å². The molecule has 1 aliphatic heterocycles. The van der Waals surface area contributed by atoms with Gasteiger partial charge in [0.05, 0.1) is 6.20 Å². The van der Waals surface area contributed by atoms with Gasteiger partial charge in [-0.2, -0.15) is 0 Å². The monoisotopic (exact) mass is 224 g/mol. The van der Waals surface area contributed by atoms with E-state index in [1.165, 1.54) is 19.2 Å². The van der Waals surface area contributed by atoms with Crippen molar-refractivity contribution in [2.75, 3.05) is 13.1 Å². The van der Waals surface area contributed by atoms with Crippen molar-refractivity contribution < 1.29 is 4.42 Å². The van der Waals surface area contributed by atoms with Gasteiger partial charge in [0.2, 0.25) is 0 Å². The Balaban J connectivity index is 0.000000720. The van der Waals surface area contributed by atoms with E-state index in [1.54, 1.807) is 0 Å². The molecule has 0 saturated carbocycles. The number of oxazole rings is 1. The fourth-order valence-corrected chi connectivity index (χ4v) is 1.52. The van der Waals surface area contributed by atoms with E-state index in [0.717, 1.165) is 18.8 Å². The maximum Gasteiger partial charge on any atom is 0.180 e. The molecule has 1 aromatic heterocycles. The van der Waals surface area contributed by atoms with Gasteiger partial charge < -0.3 is 9.73 Å². The average molecular weight is 225 g/mol. The van der Waals surface area contributed by atoms with Gasteiger partial charge in [-0.25, -0.2) is 4.98 Å². The molecule has 13 heavy (non-hydrogen) atoms. The van der Waals surface area contributed by atoms with Crippen LogP contribution < -0.4 is 5.32 Å². The lowest BCUT2D eigenvalue weighted by Gasteiger charge is -2.19. The Kier molecular flexibility index (Phi) is 6.12. The molecule has 1 atom stereocenters. The highest BCUT2D eigenvalue weighted by Crippen LogP contribution is 2.21. The molecule has 1 aromatic rings. The Hall–Kier alpha value is -0.250. The standard InChI is InChI=1S/C8H12N2O.2ClH/c1-2-7(4-9-3-1)8-5-10-6-11-8;;/h5-7,9H,1-4H2;2*1H. The van der Waals surface area contributed by atoms with Crippen molar-refractivity contribution in [3.8, 4) is 0 Å². The summed E-state index contributed by atoms with van der Waals surface area (Å²) >= 11 is 0. The molecule has 0 aliphatic carbocycles. The fraction of sp³-hybridized carbons (Fsp3) is 0.625. The highest BCUT2D eigenvalue weighted by Gasteiger charge is 2.17. The molecule has 0 amide bonds. The first-order chi connectivity index (χ1) is 5.47. The molecule has 5 heteroatoms. The van der Waals surface area contributed by atoms with Gasteiger partial charge in [-0.15, -0.1) is 24.8 Å². The highest BCUT2D eigenvalue weighted by molar-refractivity contribution is 5.85. The van der Waals surface area contributed by atoms with Gasteiger partial charge in [0.15, 0.2) is 6.39 Å². The first kappa shape index (κ1) is 12.8. The summed E-state index contributed by atoms with van der Waals surface area (Å²) in [6.07, 6.45) is 5.79. The third-order valence-corrected chi connectivity index (χ3v) is 2.15. The molecule has 0 bridgehead atoms. The first-order valence-electron chi connectivity index (χ1n) is 4.06. The van der Waals surface area contributed by atoms with Crippen molar-refractivity contribution in [3.63, 3.8) is 0 Å². The molecule has 0 spiro atoms. The lowest BCUT2D eigenvalue weighted by Crippen LogP contribution is -2.28. The highest BCUT2D eigenvalue weighted by atomic mass is 35.5. The number of nitrogens with one attached hydrogen (secondary N) is 1. The van der Waals surface area contributed by atoms with E-state index in [9.17, 15) is 0 Å².